The Morgan fingerprint density at radius 2 is 1.84 bits per heavy atom. The van der Waals surface area contributed by atoms with Gasteiger partial charge in [0.1, 0.15) is 5.82 Å². The van der Waals surface area contributed by atoms with Crippen LogP contribution in [0.2, 0.25) is 0 Å². The fourth-order valence-electron chi connectivity index (χ4n) is 2.34. The van der Waals surface area contributed by atoms with Gasteiger partial charge in [0.25, 0.3) is 0 Å². The summed E-state index contributed by atoms with van der Waals surface area (Å²) in [6, 6.07) is 0. The predicted octanol–water partition coefficient (Wildman–Crippen LogP) is 3.27. The molecule has 0 spiro atoms. The quantitative estimate of drug-likeness (QED) is 0.910. The smallest absolute Gasteiger partial charge is 0.105 e. The topological polar surface area (TPSA) is 38.0 Å². The SMILES string of the molecule is CC.CC.Cc1nc2c(n1C)CCC(CCO)C2.[V]. The maximum atomic E-state index is 8.90. The monoisotopic (exact) mass is 305 g/mol. The number of rotatable bonds is 2. The molecule has 1 N–H and O–H groups in total. The largest absolute Gasteiger partial charge is 0.396 e. The van der Waals surface area contributed by atoms with Gasteiger partial charge in [-0.3, -0.25) is 0 Å². The summed E-state index contributed by atoms with van der Waals surface area (Å²) in [5.74, 6) is 1.75. The molecule has 0 saturated heterocycles. The maximum Gasteiger partial charge on any atom is 0.105 e. The van der Waals surface area contributed by atoms with Gasteiger partial charge < -0.3 is 9.67 Å². The molecule has 0 bridgehead atoms. The molecule has 1 heterocycles. The molecule has 4 heteroatoms. The molecular weight excluding hydrogens is 275 g/mol. The zero-order valence-electron chi connectivity index (χ0n) is 13.4. The number of nitrogens with zero attached hydrogens (tertiary/aromatic N) is 2. The molecule has 1 radical (unpaired) electrons. The van der Waals surface area contributed by atoms with Crippen molar-refractivity contribution in [2.45, 2.75) is 60.3 Å². The van der Waals surface area contributed by atoms with Crippen molar-refractivity contribution in [3.63, 3.8) is 0 Å². The average Bonchev–Trinajstić information content (AvgIpc) is 2.70. The molecule has 0 amide bonds. The van der Waals surface area contributed by atoms with E-state index in [9.17, 15) is 0 Å². The van der Waals surface area contributed by atoms with Gasteiger partial charge in [-0.1, -0.05) is 27.7 Å². The van der Waals surface area contributed by atoms with E-state index in [0.717, 1.165) is 25.1 Å². The van der Waals surface area contributed by atoms with Gasteiger partial charge >= 0.3 is 0 Å². The van der Waals surface area contributed by atoms with E-state index in [1.807, 2.05) is 27.7 Å². The van der Waals surface area contributed by atoms with Gasteiger partial charge in [-0.2, -0.15) is 0 Å². The fraction of sp³-hybridized carbons (Fsp3) is 0.800. The van der Waals surface area contributed by atoms with Crippen molar-refractivity contribution in [1.29, 1.82) is 0 Å². The molecular formula is C15H30N2OV. The first-order valence-electron chi connectivity index (χ1n) is 7.34. The van der Waals surface area contributed by atoms with Crippen molar-refractivity contribution in [3.05, 3.63) is 17.2 Å². The van der Waals surface area contributed by atoms with Crippen LogP contribution in [-0.2, 0) is 38.4 Å². The molecule has 0 fully saturated rings. The summed E-state index contributed by atoms with van der Waals surface area (Å²) < 4.78 is 2.20. The number of hydrogen-bond donors (Lipinski definition) is 1. The van der Waals surface area contributed by atoms with Crippen LogP contribution in [0.1, 0.15) is 57.7 Å². The molecule has 2 rings (SSSR count). The molecule has 0 saturated carbocycles. The van der Waals surface area contributed by atoms with E-state index < -0.39 is 0 Å². The Balaban J connectivity index is 0. The van der Waals surface area contributed by atoms with Crippen molar-refractivity contribution in [1.82, 2.24) is 9.55 Å². The van der Waals surface area contributed by atoms with Gasteiger partial charge in [0.05, 0.1) is 5.69 Å². The average molecular weight is 305 g/mol. The van der Waals surface area contributed by atoms with Gasteiger partial charge in [-0.15, -0.1) is 0 Å². The summed E-state index contributed by atoms with van der Waals surface area (Å²) in [5, 5.41) is 8.90. The third-order valence-corrected chi connectivity index (χ3v) is 3.33. The van der Waals surface area contributed by atoms with Crippen LogP contribution in [0.25, 0.3) is 0 Å². The normalized spacial score (nSPS) is 16.1. The van der Waals surface area contributed by atoms with E-state index in [1.165, 1.54) is 17.8 Å². The Kier molecular flexibility index (Phi) is 12.8. The number of aliphatic hydroxyl groups excluding tert-OH is 1. The van der Waals surface area contributed by atoms with E-state index in [1.54, 1.807) is 0 Å². The van der Waals surface area contributed by atoms with Crippen molar-refractivity contribution in [2.75, 3.05) is 6.61 Å². The Morgan fingerprint density at radius 3 is 2.37 bits per heavy atom. The summed E-state index contributed by atoms with van der Waals surface area (Å²) in [7, 11) is 2.09. The number of aromatic nitrogens is 2. The van der Waals surface area contributed by atoms with Gasteiger partial charge in [-0.25, -0.2) is 4.98 Å². The van der Waals surface area contributed by atoms with E-state index in [-0.39, 0.29) is 18.6 Å². The summed E-state index contributed by atoms with van der Waals surface area (Å²) in [6.45, 7) is 10.4. The first-order chi connectivity index (χ1) is 8.72. The summed E-state index contributed by atoms with van der Waals surface area (Å²) >= 11 is 0. The number of aryl methyl sites for hydroxylation is 1. The number of imidazole rings is 1. The van der Waals surface area contributed by atoms with Crippen LogP contribution in [0.3, 0.4) is 0 Å². The van der Waals surface area contributed by atoms with Crippen LogP contribution in [0.15, 0.2) is 0 Å². The Bertz CT molecular complexity index is 337. The predicted molar refractivity (Wildman–Crippen MR) is 77.9 cm³/mol. The van der Waals surface area contributed by atoms with Crippen LogP contribution in [0.4, 0.5) is 0 Å². The van der Waals surface area contributed by atoms with Gasteiger partial charge in [-0.05, 0) is 38.5 Å². The zero-order chi connectivity index (χ0) is 14.1. The van der Waals surface area contributed by atoms with Crippen molar-refractivity contribution < 1.29 is 23.7 Å². The van der Waals surface area contributed by atoms with Gasteiger partial charge in [0.15, 0.2) is 0 Å². The standard InChI is InChI=1S/C11H18N2O.2C2H6.V/c1-8-12-10-7-9(5-6-14)3-4-11(10)13(8)2;2*1-2;/h9,14H,3-7H2,1-2H3;2*1-2H3;. The minimum atomic E-state index is 0. The maximum absolute atomic E-state index is 8.90. The van der Waals surface area contributed by atoms with Gasteiger partial charge in [0, 0.05) is 37.9 Å². The van der Waals surface area contributed by atoms with E-state index in [4.69, 9.17) is 5.11 Å². The Labute approximate surface area is 130 Å². The number of aliphatic hydroxyl groups is 1. The third kappa shape index (κ3) is 5.72. The van der Waals surface area contributed by atoms with E-state index >= 15 is 0 Å². The van der Waals surface area contributed by atoms with Crippen molar-refractivity contribution >= 4 is 0 Å². The molecule has 1 atom stereocenters. The molecule has 1 aromatic rings. The van der Waals surface area contributed by atoms with Crippen LogP contribution < -0.4 is 0 Å². The fourth-order valence-corrected chi connectivity index (χ4v) is 2.34. The molecule has 0 aromatic carbocycles. The number of hydrogen-bond acceptors (Lipinski definition) is 2. The van der Waals surface area contributed by atoms with Crippen molar-refractivity contribution in [2.24, 2.45) is 13.0 Å². The summed E-state index contributed by atoms with van der Waals surface area (Å²) in [5.41, 5.74) is 2.66. The summed E-state index contributed by atoms with van der Waals surface area (Å²) in [4.78, 5) is 4.56. The Morgan fingerprint density at radius 1 is 1.26 bits per heavy atom. The van der Waals surface area contributed by atoms with Crippen LogP contribution in [-0.4, -0.2) is 21.3 Å². The molecule has 1 aromatic heterocycles. The minimum absolute atomic E-state index is 0. The van der Waals surface area contributed by atoms with Gasteiger partial charge in [0.2, 0.25) is 0 Å². The molecule has 19 heavy (non-hydrogen) atoms. The summed E-state index contributed by atoms with van der Waals surface area (Å²) in [6.07, 6.45) is 4.30. The molecule has 3 nitrogen and oxygen atoms in total. The third-order valence-electron chi connectivity index (χ3n) is 3.33. The first kappa shape index (κ1) is 21.1. The van der Waals surface area contributed by atoms with Crippen LogP contribution in [0.5, 0.6) is 0 Å². The van der Waals surface area contributed by atoms with E-state index in [0.29, 0.717) is 12.5 Å². The number of fused-ring (bicyclic) bond motifs is 1. The molecule has 1 aliphatic rings. The van der Waals surface area contributed by atoms with E-state index in [2.05, 4.69) is 23.5 Å². The minimum Gasteiger partial charge on any atom is -0.396 e. The second kappa shape index (κ2) is 11.6. The molecule has 1 aliphatic carbocycles. The second-order valence-electron chi connectivity index (χ2n) is 4.23. The first-order valence-corrected chi connectivity index (χ1v) is 7.34. The molecule has 0 aliphatic heterocycles. The van der Waals surface area contributed by atoms with Crippen LogP contribution >= 0.6 is 0 Å². The van der Waals surface area contributed by atoms with Crippen LogP contribution in [0, 0.1) is 12.8 Å². The second-order valence-corrected chi connectivity index (χ2v) is 4.23. The Hall–Kier alpha value is -0.246. The molecule has 111 valence electrons. The van der Waals surface area contributed by atoms with Crippen molar-refractivity contribution in [3.8, 4) is 0 Å². The zero-order valence-corrected chi connectivity index (χ0v) is 14.8. The molecule has 1 unspecified atom stereocenters.